The Labute approximate surface area is 158 Å². The van der Waals surface area contributed by atoms with Crippen molar-refractivity contribution in [3.05, 3.63) is 48.0 Å². The second-order valence-corrected chi connectivity index (χ2v) is 7.84. The molecule has 0 unspecified atom stereocenters. The number of nitrogens with one attached hydrogen (secondary N) is 1. The third kappa shape index (κ3) is 4.40. The molecule has 0 bridgehead atoms. The van der Waals surface area contributed by atoms with Crippen molar-refractivity contribution in [3.63, 3.8) is 0 Å². The van der Waals surface area contributed by atoms with Crippen LogP contribution in [0.3, 0.4) is 0 Å². The summed E-state index contributed by atoms with van der Waals surface area (Å²) in [5.41, 5.74) is 1.46. The number of carbonyl (C=O) groups excluding carboxylic acids is 1. The Morgan fingerprint density at radius 3 is 2.59 bits per heavy atom. The molecule has 0 saturated heterocycles. The molecule has 0 aromatic heterocycles. The van der Waals surface area contributed by atoms with Crippen molar-refractivity contribution in [3.8, 4) is 11.5 Å². The summed E-state index contributed by atoms with van der Waals surface area (Å²) in [5, 5.41) is 0. The van der Waals surface area contributed by atoms with Crippen molar-refractivity contribution in [2.75, 3.05) is 31.7 Å². The number of hydrogen-bond donors (Lipinski definition) is 1. The molecule has 1 amide bonds. The Hall–Kier alpha value is -2.58. The largest absolute Gasteiger partial charge is 0.494 e. The number of anilines is 1. The zero-order valence-electron chi connectivity index (χ0n) is 15.3. The summed E-state index contributed by atoms with van der Waals surface area (Å²) in [6.45, 7) is 2.76. The zero-order chi connectivity index (χ0) is 19.4. The Bertz CT molecular complexity index is 943. The van der Waals surface area contributed by atoms with E-state index in [9.17, 15) is 13.2 Å². The highest BCUT2D eigenvalue weighted by Gasteiger charge is 2.26. The van der Waals surface area contributed by atoms with Gasteiger partial charge in [0.15, 0.2) is 0 Å². The van der Waals surface area contributed by atoms with Crippen molar-refractivity contribution in [1.82, 2.24) is 4.72 Å². The van der Waals surface area contributed by atoms with E-state index < -0.39 is 10.0 Å². The van der Waals surface area contributed by atoms with Crippen LogP contribution in [0.25, 0.3) is 0 Å². The molecule has 1 aliphatic rings. The van der Waals surface area contributed by atoms with Gasteiger partial charge in [0.1, 0.15) is 18.1 Å². The maximum absolute atomic E-state index is 12.5. The number of benzene rings is 2. The van der Waals surface area contributed by atoms with Crippen LogP contribution in [0.2, 0.25) is 0 Å². The lowest BCUT2D eigenvalue weighted by Crippen LogP contribution is -2.28. The van der Waals surface area contributed by atoms with E-state index in [1.54, 1.807) is 31.3 Å². The minimum absolute atomic E-state index is 0.0461. The van der Waals surface area contributed by atoms with E-state index in [-0.39, 0.29) is 30.4 Å². The van der Waals surface area contributed by atoms with Crippen LogP contribution in [0.4, 0.5) is 5.69 Å². The number of likely N-dealkylation sites (N-methyl/N-ethyl adjacent to an activating group) is 1. The number of ether oxygens (including phenoxy) is 2. The highest BCUT2D eigenvalue weighted by Crippen LogP contribution is 2.29. The van der Waals surface area contributed by atoms with Gasteiger partial charge in [-0.1, -0.05) is 6.07 Å². The van der Waals surface area contributed by atoms with Crippen LogP contribution >= 0.6 is 0 Å². The van der Waals surface area contributed by atoms with Crippen LogP contribution in [0.15, 0.2) is 47.4 Å². The topological polar surface area (TPSA) is 84.9 Å². The van der Waals surface area contributed by atoms with Crippen molar-refractivity contribution < 1.29 is 22.7 Å². The molecule has 2 aromatic carbocycles. The van der Waals surface area contributed by atoms with Crippen molar-refractivity contribution >= 4 is 21.6 Å². The number of nitrogens with zero attached hydrogens (tertiary/aromatic N) is 1. The fourth-order valence-corrected chi connectivity index (χ4v) is 3.93. The molecule has 0 radical (unpaired) electrons. The van der Waals surface area contributed by atoms with Gasteiger partial charge in [0.25, 0.3) is 0 Å². The van der Waals surface area contributed by atoms with Gasteiger partial charge in [0.2, 0.25) is 15.9 Å². The molecule has 0 spiro atoms. The second-order valence-electron chi connectivity index (χ2n) is 6.07. The van der Waals surface area contributed by atoms with Crippen LogP contribution in [0.1, 0.15) is 12.5 Å². The highest BCUT2D eigenvalue weighted by molar-refractivity contribution is 7.89. The Kier molecular flexibility index (Phi) is 5.67. The van der Waals surface area contributed by atoms with Crippen molar-refractivity contribution in [2.45, 2.75) is 18.2 Å². The average molecular weight is 390 g/mol. The summed E-state index contributed by atoms with van der Waals surface area (Å²) in [7, 11) is -1.99. The molecule has 27 heavy (non-hydrogen) atoms. The Morgan fingerprint density at radius 1 is 1.11 bits per heavy atom. The first-order valence-electron chi connectivity index (χ1n) is 8.65. The predicted octanol–water partition coefficient (Wildman–Crippen LogP) is 1.96. The molecule has 3 rings (SSSR count). The zero-order valence-corrected chi connectivity index (χ0v) is 16.1. The van der Waals surface area contributed by atoms with Crippen LogP contribution < -0.4 is 19.1 Å². The normalized spacial score (nSPS) is 13.6. The number of hydrogen-bond acceptors (Lipinski definition) is 5. The first-order chi connectivity index (χ1) is 12.9. The molecule has 8 heteroatoms. The van der Waals surface area contributed by atoms with E-state index in [2.05, 4.69) is 4.72 Å². The summed E-state index contributed by atoms with van der Waals surface area (Å²) in [4.78, 5) is 13.4. The summed E-state index contributed by atoms with van der Waals surface area (Å²) in [6.07, 6.45) is 0.217. The molecule has 1 N–H and O–H groups in total. The first-order valence-corrected chi connectivity index (χ1v) is 10.1. The molecular formula is C19H22N2O5S. The van der Waals surface area contributed by atoms with E-state index in [0.29, 0.717) is 18.1 Å². The molecule has 0 aliphatic carbocycles. The number of sulfonamides is 1. The molecule has 0 saturated carbocycles. The van der Waals surface area contributed by atoms with Gasteiger partial charge < -0.3 is 14.4 Å². The van der Waals surface area contributed by atoms with E-state index in [4.69, 9.17) is 9.47 Å². The number of carbonyl (C=O) groups is 1. The van der Waals surface area contributed by atoms with Gasteiger partial charge in [-0.2, -0.15) is 0 Å². The summed E-state index contributed by atoms with van der Waals surface area (Å²) < 4.78 is 38.4. The molecule has 7 nitrogen and oxygen atoms in total. The molecule has 1 aliphatic heterocycles. The lowest BCUT2D eigenvalue weighted by molar-refractivity contribution is -0.117. The summed E-state index contributed by atoms with van der Waals surface area (Å²) in [6, 6.07) is 11.9. The summed E-state index contributed by atoms with van der Waals surface area (Å²) in [5.74, 6) is 1.27. The van der Waals surface area contributed by atoms with Crippen molar-refractivity contribution in [1.29, 1.82) is 0 Å². The maximum atomic E-state index is 12.5. The maximum Gasteiger partial charge on any atom is 0.240 e. The third-order valence-electron chi connectivity index (χ3n) is 4.22. The van der Waals surface area contributed by atoms with Gasteiger partial charge in [0.05, 0.1) is 17.9 Å². The fraction of sp³-hybridized carbons (Fsp3) is 0.316. The number of rotatable bonds is 8. The highest BCUT2D eigenvalue weighted by atomic mass is 32.2. The monoisotopic (exact) mass is 390 g/mol. The van der Waals surface area contributed by atoms with Crippen LogP contribution in [-0.4, -0.2) is 41.1 Å². The third-order valence-corrected chi connectivity index (χ3v) is 5.68. The van der Waals surface area contributed by atoms with Gasteiger partial charge >= 0.3 is 0 Å². The SMILES string of the molecule is CCOc1cccc(OCCNS(=O)(=O)c2ccc3c(c2)CC(=O)N3C)c1. The van der Waals surface area contributed by atoms with Gasteiger partial charge in [-0.3, -0.25) is 4.79 Å². The molecular weight excluding hydrogens is 368 g/mol. The first kappa shape index (κ1) is 19.2. The van der Waals surface area contributed by atoms with Crippen LogP contribution in [-0.2, 0) is 21.2 Å². The van der Waals surface area contributed by atoms with E-state index in [0.717, 1.165) is 11.3 Å². The fourth-order valence-electron chi connectivity index (χ4n) is 2.86. The smallest absolute Gasteiger partial charge is 0.240 e. The molecule has 0 fully saturated rings. The number of fused-ring (bicyclic) bond motifs is 1. The van der Waals surface area contributed by atoms with E-state index >= 15 is 0 Å². The molecule has 1 heterocycles. The number of amides is 1. The minimum atomic E-state index is -3.67. The Balaban J connectivity index is 1.57. The average Bonchev–Trinajstić information content (AvgIpc) is 2.93. The van der Waals surface area contributed by atoms with Gasteiger partial charge in [-0.25, -0.2) is 13.1 Å². The Morgan fingerprint density at radius 2 is 1.85 bits per heavy atom. The van der Waals surface area contributed by atoms with Gasteiger partial charge in [-0.15, -0.1) is 0 Å². The lowest BCUT2D eigenvalue weighted by atomic mass is 10.2. The molecule has 0 atom stereocenters. The quantitative estimate of drug-likeness (QED) is 0.697. The minimum Gasteiger partial charge on any atom is -0.494 e. The standard InChI is InChI=1S/C19H22N2O5S/c1-3-25-15-5-4-6-16(13-15)26-10-9-20-27(23,24)17-7-8-18-14(11-17)12-19(22)21(18)2/h4-8,11,13,20H,3,9-10,12H2,1-2H3. The van der Waals surface area contributed by atoms with Crippen LogP contribution in [0, 0.1) is 0 Å². The molecule has 144 valence electrons. The van der Waals surface area contributed by atoms with E-state index in [1.807, 2.05) is 19.1 Å². The van der Waals surface area contributed by atoms with Crippen molar-refractivity contribution in [2.24, 2.45) is 0 Å². The van der Waals surface area contributed by atoms with Crippen LogP contribution in [0.5, 0.6) is 11.5 Å². The molecule has 2 aromatic rings. The summed E-state index contributed by atoms with van der Waals surface area (Å²) >= 11 is 0. The lowest BCUT2D eigenvalue weighted by Gasteiger charge is -2.12. The predicted molar refractivity (Wildman–Crippen MR) is 102 cm³/mol. The van der Waals surface area contributed by atoms with Gasteiger partial charge in [-0.05, 0) is 42.8 Å². The second kappa shape index (κ2) is 7.98. The van der Waals surface area contributed by atoms with E-state index in [1.165, 1.54) is 11.0 Å². The van der Waals surface area contributed by atoms with Gasteiger partial charge in [0, 0.05) is 25.3 Å².